The van der Waals surface area contributed by atoms with Crippen LogP contribution in [0.2, 0.25) is 5.02 Å². The van der Waals surface area contributed by atoms with Gasteiger partial charge >= 0.3 is 0 Å². The summed E-state index contributed by atoms with van der Waals surface area (Å²) >= 11 is 6.36. The zero-order valence-electron chi connectivity index (χ0n) is 16.3. The Bertz CT molecular complexity index is 1200. The number of carbonyl (C=O) groups excluding carboxylic acids is 1. The second kappa shape index (κ2) is 8.42. The van der Waals surface area contributed by atoms with Crippen LogP contribution in [0.15, 0.2) is 60.8 Å². The van der Waals surface area contributed by atoms with Crippen LogP contribution >= 0.6 is 11.6 Å². The van der Waals surface area contributed by atoms with Crippen molar-refractivity contribution in [3.63, 3.8) is 0 Å². The Morgan fingerprint density at radius 2 is 1.90 bits per heavy atom. The highest BCUT2D eigenvalue weighted by atomic mass is 35.5. The standard InChI is InChI=1S/C22H20ClN5O2/c1-14-13-26-28-20(12-19(27-21(14)28)17-4-2-3-5-18(17)23)24-10-11-25-22(30)15-6-8-16(29)9-7-15/h2-9,12-13,24,29H,10-11H2,1H3,(H,25,30). The number of carbonyl (C=O) groups is 1. The Balaban J connectivity index is 1.50. The summed E-state index contributed by atoms with van der Waals surface area (Å²) in [5.74, 6) is 0.670. The highest BCUT2D eigenvalue weighted by Crippen LogP contribution is 2.29. The maximum atomic E-state index is 12.2. The molecule has 30 heavy (non-hydrogen) atoms. The molecular weight excluding hydrogens is 402 g/mol. The average molecular weight is 422 g/mol. The normalized spacial score (nSPS) is 10.9. The summed E-state index contributed by atoms with van der Waals surface area (Å²) in [6.07, 6.45) is 1.76. The van der Waals surface area contributed by atoms with Crippen LogP contribution in [0.5, 0.6) is 5.75 Å². The molecule has 2 aromatic carbocycles. The number of hydrogen-bond donors (Lipinski definition) is 3. The zero-order valence-corrected chi connectivity index (χ0v) is 17.0. The molecule has 0 fully saturated rings. The lowest BCUT2D eigenvalue weighted by Crippen LogP contribution is -2.29. The van der Waals surface area contributed by atoms with Crippen molar-refractivity contribution in [3.05, 3.63) is 76.9 Å². The summed E-state index contributed by atoms with van der Waals surface area (Å²) in [5, 5.41) is 20.5. The van der Waals surface area contributed by atoms with Crippen molar-refractivity contribution >= 4 is 29.0 Å². The number of rotatable bonds is 6. The number of nitrogens with one attached hydrogen (secondary N) is 2. The molecule has 0 bridgehead atoms. The first-order valence-electron chi connectivity index (χ1n) is 9.44. The topological polar surface area (TPSA) is 91.5 Å². The lowest BCUT2D eigenvalue weighted by Gasteiger charge is -2.12. The van der Waals surface area contributed by atoms with Gasteiger partial charge in [-0.05, 0) is 37.3 Å². The third kappa shape index (κ3) is 4.06. The Kier molecular flexibility index (Phi) is 5.54. The van der Waals surface area contributed by atoms with Gasteiger partial charge in [0.1, 0.15) is 11.6 Å². The summed E-state index contributed by atoms with van der Waals surface area (Å²) < 4.78 is 1.73. The van der Waals surface area contributed by atoms with E-state index >= 15 is 0 Å². The number of aromatic hydroxyl groups is 1. The Morgan fingerprint density at radius 1 is 1.13 bits per heavy atom. The second-order valence-corrected chi connectivity index (χ2v) is 7.21. The molecule has 1 amide bonds. The van der Waals surface area contributed by atoms with E-state index in [4.69, 9.17) is 16.6 Å². The Morgan fingerprint density at radius 3 is 2.67 bits per heavy atom. The highest BCUT2D eigenvalue weighted by Gasteiger charge is 2.12. The van der Waals surface area contributed by atoms with E-state index in [1.165, 1.54) is 12.1 Å². The molecule has 0 spiro atoms. The molecule has 3 N–H and O–H groups in total. The monoisotopic (exact) mass is 421 g/mol. The Labute approximate surface area is 178 Å². The van der Waals surface area contributed by atoms with Gasteiger partial charge in [-0.1, -0.05) is 29.8 Å². The highest BCUT2D eigenvalue weighted by molar-refractivity contribution is 6.33. The molecule has 0 atom stereocenters. The van der Waals surface area contributed by atoms with Gasteiger partial charge < -0.3 is 15.7 Å². The van der Waals surface area contributed by atoms with Crippen LogP contribution < -0.4 is 10.6 Å². The average Bonchev–Trinajstić information content (AvgIpc) is 3.12. The lowest BCUT2D eigenvalue weighted by molar-refractivity contribution is 0.0955. The number of aromatic nitrogens is 3. The van der Waals surface area contributed by atoms with Crippen molar-refractivity contribution in [1.82, 2.24) is 19.9 Å². The van der Waals surface area contributed by atoms with Gasteiger partial charge in [0.05, 0.1) is 11.9 Å². The maximum absolute atomic E-state index is 12.2. The maximum Gasteiger partial charge on any atom is 0.251 e. The number of hydrogen-bond acceptors (Lipinski definition) is 5. The first kappa shape index (κ1) is 19.7. The third-order valence-electron chi connectivity index (χ3n) is 4.64. The van der Waals surface area contributed by atoms with Crippen LogP contribution in [0.3, 0.4) is 0 Å². The van der Waals surface area contributed by atoms with Crippen LogP contribution in [0, 0.1) is 6.92 Å². The molecule has 0 unspecified atom stereocenters. The predicted molar refractivity (Wildman–Crippen MR) is 117 cm³/mol. The first-order chi connectivity index (χ1) is 14.5. The summed E-state index contributed by atoms with van der Waals surface area (Å²) in [5.41, 5.74) is 3.76. The van der Waals surface area contributed by atoms with Crippen molar-refractivity contribution in [1.29, 1.82) is 0 Å². The molecule has 4 aromatic rings. The van der Waals surface area contributed by atoms with Gasteiger partial charge in [0, 0.05) is 40.9 Å². The number of phenolic OH excluding ortho intramolecular Hbond substituents is 1. The fraction of sp³-hybridized carbons (Fsp3) is 0.136. The number of amides is 1. The molecule has 0 radical (unpaired) electrons. The molecule has 0 aliphatic heterocycles. The first-order valence-corrected chi connectivity index (χ1v) is 9.82. The second-order valence-electron chi connectivity index (χ2n) is 6.80. The van der Waals surface area contributed by atoms with Crippen molar-refractivity contribution < 1.29 is 9.90 Å². The molecular formula is C22H20ClN5O2. The van der Waals surface area contributed by atoms with E-state index in [9.17, 15) is 9.90 Å². The fourth-order valence-corrected chi connectivity index (χ4v) is 3.32. The number of nitrogens with zero attached hydrogens (tertiary/aromatic N) is 3. The molecule has 2 heterocycles. The smallest absolute Gasteiger partial charge is 0.251 e. The van der Waals surface area contributed by atoms with Gasteiger partial charge in [-0.2, -0.15) is 9.61 Å². The van der Waals surface area contributed by atoms with Crippen molar-refractivity contribution in [2.24, 2.45) is 0 Å². The fourth-order valence-electron chi connectivity index (χ4n) is 3.09. The Hall–Kier alpha value is -3.58. The summed E-state index contributed by atoms with van der Waals surface area (Å²) in [4.78, 5) is 16.9. The van der Waals surface area contributed by atoms with Gasteiger partial charge in [0.25, 0.3) is 5.91 Å². The lowest BCUT2D eigenvalue weighted by atomic mass is 10.1. The zero-order chi connectivity index (χ0) is 21.1. The third-order valence-corrected chi connectivity index (χ3v) is 4.97. The van der Waals surface area contributed by atoms with E-state index in [0.717, 1.165) is 28.3 Å². The van der Waals surface area contributed by atoms with Crippen molar-refractivity contribution in [3.8, 4) is 17.0 Å². The van der Waals surface area contributed by atoms with Crippen LogP contribution in [-0.4, -0.2) is 38.7 Å². The van der Waals surface area contributed by atoms with E-state index < -0.39 is 0 Å². The van der Waals surface area contributed by atoms with Crippen molar-refractivity contribution in [2.45, 2.75) is 6.92 Å². The largest absolute Gasteiger partial charge is 0.508 e. The summed E-state index contributed by atoms with van der Waals surface area (Å²) in [7, 11) is 0. The van der Waals surface area contributed by atoms with E-state index in [1.807, 2.05) is 37.3 Å². The van der Waals surface area contributed by atoms with Crippen LogP contribution in [0.4, 0.5) is 5.82 Å². The van der Waals surface area contributed by atoms with Gasteiger partial charge in [0.2, 0.25) is 0 Å². The number of phenols is 1. The summed E-state index contributed by atoms with van der Waals surface area (Å²) in [6.45, 7) is 2.85. The minimum Gasteiger partial charge on any atom is -0.508 e. The number of benzene rings is 2. The molecule has 2 aromatic heterocycles. The van der Waals surface area contributed by atoms with Crippen LogP contribution in [-0.2, 0) is 0 Å². The van der Waals surface area contributed by atoms with Gasteiger partial charge in [-0.15, -0.1) is 0 Å². The van der Waals surface area contributed by atoms with E-state index in [2.05, 4.69) is 15.7 Å². The number of halogens is 1. The van der Waals surface area contributed by atoms with E-state index in [0.29, 0.717) is 23.7 Å². The minimum absolute atomic E-state index is 0.124. The SMILES string of the molecule is Cc1cnn2c(NCCNC(=O)c3ccc(O)cc3)cc(-c3ccccc3Cl)nc12. The van der Waals surface area contributed by atoms with Crippen LogP contribution in [0.1, 0.15) is 15.9 Å². The molecule has 8 heteroatoms. The van der Waals surface area contributed by atoms with Gasteiger partial charge in [-0.25, -0.2) is 4.98 Å². The molecule has 4 rings (SSSR count). The van der Waals surface area contributed by atoms with Gasteiger partial charge in [0.15, 0.2) is 5.65 Å². The number of aryl methyl sites for hydroxylation is 1. The quantitative estimate of drug-likeness (QED) is 0.410. The molecule has 0 aliphatic carbocycles. The predicted octanol–water partition coefficient (Wildman–Crippen LogP) is 3.91. The molecule has 0 saturated carbocycles. The van der Waals surface area contributed by atoms with Crippen LogP contribution in [0.25, 0.3) is 16.9 Å². The number of fused-ring (bicyclic) bond motifs is 1. The molecule has 152 valence electrons. The van der Waals surface area contributed by atoms with Crippen molar-refractivity contribution in [2.75, 3.05) is 18.4 Å². The summed E-state index contributed by atoms with van der Waals surface area (Å²) in [6, 6.07) is 15.6. The van der Waals surface area contributed by atoms with Gasteiger partial charge in [-0.3, -0.25) is 4.79 Å². The van der Waals surface area contributed by atoms with E-state index in [1.54, 1.807) is 22.8 Å². The molecule has 0 saturated heterocycles. The molecule has 0 aliphatic rings. The van der Waals surface area contributed by atoms with E-state index in [-0.39, 0.29) is 11.7 Å². The molecule has 7 nitrogen and oxygen atoms in total. The minimum atomic E-state index is -0.205. The number of anilines is 1.